The molecule has 18 heavy (non-hydrogen) atoms. The smallest absolute Gasteiger partial charge is 0.312 e. The highest BCUT2D eigenvalue weighted by molar-refractivity contribution is 6.34. The molecule has 0 aliphatic carbocycles. The summed E-state index contributed by atoms with van der Waals surface area (Å²) in [6.07, 6.45) is -0.778. The van der Waals surface area contributed by atoms with Crippen LogP contribution in [0.3, 0.4) is 0 Å². The molecule has 1 aliphatic rings. The molecule has 0 aromatic rings. The molecule has 0 aromatic heterocycles. The summed E-state index contributed by atoms with van der Waals surface area (Å²) in [5, 5.41) is 12.6. The molecule has 1 fully saturated rings. The molecule has 104 valence electrons. The monoisotopic (exact) mass is 259 g/mol. The highest BCUT2D eigenvalue weighted by Crippen LogP contribution is 1.98. The van der Waals surface area contributed by atoms with Crippen molar-refractivity contribution in [3.63, 3.8) is 0 Å². The topological polar surface area (TPSA) is 82.1 Å². The van der Waals surface area contributed by atoms with E-state index < -0.39 is 17.9 Å². The van der Waals surface area contributed by atoms with Crippen molar-refractivity contribution >= 4 is 11.8 Å². The molecule has 1 heterocycles. The number of amides is 2. The third-order valence-corrected chi connectivity index (χ3v) is 2.78. The van der Waals surface area contributed by atoms with Crippen molar-refractivity contribution in [1.29, 1.82) is 0 Å². The minimum absolute atomic E-state index is 0.0878. The number of nitrogens with one attached hydrogen (secondary N) is 1. The molecule has 7 heteroatoms. The van der Waals surface area contributed by atoms with Crippen LogP contribution in [-0.4, -0.2) is 86.3 Å². The Labute approximate surface area is 107 Å². The molecule has 0 aromatic carbocycles. The molecule has 7 nitrogen and oxygen atoms in total. The minimum atomic E-state index is -0.778. The first-order valence-electron chi connectivity index (χ1n) is 5.98. The number of carbonyl (C=O) groups excluding carboxylic acids is 2. The lowest BCUT2D eigenvalue weighted by Gasteiger charge is -2.29. The van der Waals surface area contributed by atoms with Crippen LogP contribution < -0.4 is 5.32 Å². The van der Waals surface area contributed by atoms with E-state index in [4.69, 9.17) is 4.74 Å². The van der Waals surface area contributed by atoms with E-state index in [-0.39, 0.29) is 13.2 Å². The van der Waals surface area contributed by atoms with Gasteiger partial charge in [0.25, 0.3) is 0 Å². The maximum atomic E-state index is 11.9. The van der Waals surface area contributed by atoms with Crippen molar-refractivity contribution in [2.45, 2.75) is 6.10 Å². The number of likely N-dealkylation sites (N-methyl/N-ethyl adjacent to an activating group) is 1. The largest absolute Gasteiger partial charge is 0.389 e. The lowest BCUT2D eigenvalue weighted by Crippen LogP contribution is -2.52. The second-order valence-electron chi connectivity index (χ2n) is 4.34. The SMILES string of the molecule is COCC(O)CN(C)C(=O)C(=O)N1CCNCC1. The van der Waals surface area contributed by atoms with Gasteiger partial charge < -0.3 is 25.0 Å². The second-order valence-corrected chi connectivity index (χ2v) is 4.34. The molecule has 2 N–H and O–H groups in total. The minimum Gasteiger partial charge on any atom is -0.389 e. The van der Waals surface area contributed by atoms with Crippen LogP contribution in [0.5, 0.6) is 0 Å². The fourth-order valence-electron chi connectivity index (χ4n) is 1.81. The zero-order valence-electron chi connectivity index (χ0n) is 10.9. The van der Waals surface area contributed by atoms with E-state index in [0.717, 1.165) is 0 Å². The molecule has 0 saturated carbocycles. The molecule has 1 aliphatic heterocycles. The Balaban J connectivity index is 2.44. The number of aliphatic hydroxyl groups is 1. The summed E-state index contributed by atoms with van der Waals surface area (Å²) >= 11 is 0. The zero-order chi connectivity index (χ0) is 13.5. The lowest BCUT2D eigenvalue weighted by atomic mass is 10.3. The van der Waals surface area contributed by atoms with Gasteiger partial charge in [-0.1, -0.05) is 0 Å². The standard InChI is InChI=1S/C11H21N3O4/c1-13(7-9(15)8-18-2)10(16)11(17)14-5-3-12-4-6-14/h9,12,15H,3-8H2,1-2H3. The molecule has 0 bridgehead atoms. The number of ether oxygens (including phenoxy) is 1. The molecule has 0 spiro atoms. The average molecular weight is 259 g/mol. The Bertz CT molecular complexity index is 292. The van der Waals surface area contributed by atoms with Crippen molar-refractivity contribution in [2.24, 2.45) is 0 Å². The molecular formula is C11H21N3O4. The first kappa shape index (κ1) is 14.9. The number of rotatable bonds is 4. The Hall–Kier alpha value is -1.18. The van der Waals surface area contributed by atoms with Crippen LogP contribution in [0.15, 0.2) is 0 Å². The Morgan fingerprint density at radius 2 is 2.06 bits per heavy atom. The maximum absolute atomic E-state index is 11.9. The molecular weight excluding hydrogens is 238 g/mol. The van der Waals surface area contributed by atoms with Gasteiger partial charge in [0, 0.05) is 46.9 Å². The first-order chi connectivity index (χ1) is 8.56. The van der Waals surface area contributed by atoms with Crippen molar-refractivity contribution in [3.05, 3.63) is 0 Å². The van der Waals surface area contributed by atoms with E-state index >= 15 is 0 Å². The van der Waals surface area contributed by atoms with Crippen molar-refractivity contribution in [1.82, 2.24) is 15.1 Å². The Morgan fingerprint density at radius 3 is 2.61 bits per heavy atom. The predicted octanol–water partition coefficient (Wildman–Crippen LogP) is -2.12. The zero-order valence-corrected chi connectivity index (χ0v) is 10.9. The van der Waals surface area contributed by atoms with Crippen LogP contribution >= 0.6 is 0 Å². The summed E-state index contributed by atoms with van der Waals surface area (Å²) < 4.78 is 4.77. The fourth-order valence-corrected chi connectivity index (χ4v) is 1.81. The van der Waals surface area contributed by atoms with E-state index in [2.05, 4.69) is 5.32 Å². The van der Waals surface area contributed by atoms with Gasteiger partial charge in [-0.15, -0.1) is 0 Å². The summed E-state index contributed by atoms with van der Waals surface area (Å²) in [4.78, 5) is 26.5. The van der Waals surface area contributed by atoms with Gasteiger partial charge in [-0.25, -0.2) is 0 Å². The van der Waals surface area contributed by atoms with Crippen molar-refractivity contribution in [2.75, 3.05) is 53.5 Å². The van der Waals surface area contributed by atoms with Gasteiger partial charge in [0.1, 0.15) is 0 Å². The highest BCUT2D eigenvalue weighted by atomic mass is 16.5. The third kappa shape index (κ3) is 4.25. The number of aliphatic hydroxyl groups excluding tert-OH is 1. The van der Waals surface area contributed by atoms with Gasteiger partial charge >= 0.3 is 11.8 Å². The summed E-state index contributed by atoms with van der Waals surface area (Å²) in [5.41, 5.74) is 0. The van der Waals surface area contributed by atoms with E-state index in [1.807, 2.05) is 0 Å². The molecule has 1 saturated heterocycles. The molecule has 1 atom stereocenters. The molecule has 2 amide bonds. The van der Waals surface area contributed by atoms with E-state index in [0.29, 0.717) is 26.2 Å². The average Bonchev–Trinajstić information content (AvgIpc) is 2.38. The van der Waals surface area contributed by atoms with Crippen LogP contribution in [0, 0.1) is 0 Å². The molecule has 0 radical (unpaired) electrons. The van der Waals surface area contributed by atoms with Gasteiger partial charge in [0.05, 0.1) is 12.7 Å². The van der Waals surface area contributed by atoms with Crippen LogP contribution in [0.25, 0.3) is 0 Å². The number of methoxy groups -OCH3 is 1. The number of carbonyl (C=O) groups is 2. The van der Waals surface area contributed by atoms with Crippen LogP contribution in [0.1, 0.15) is 0 Å². The number of hydrogen-bond acceptors (Lipinski definition) is 5. The molecule has 1 unspecified atom stereocenters. The number of nitrogens with zero attached hydrogens (tertiary/aromatic N) is 2. The normalized spacial score (nSPS) is 17.4. The summed E-state index contributed by atoms with van der Waals surface area (Å²) in [7, 11) is 2.97. The first-order valence-corrected chi connectivity index (χ1v) is 5.98. The Morgan fingerprint density at radius 1 is 1.44 bits per heavy atom. The number of hydrogen-bond donors (Lipinski definition) is 2. The third-order valence-electron chi connectivity index (χ3n) is 2.78. The number of piperazine rings is 1. The maximum Gasteiger partial charge on any atom is 0.312 e. The fraction of sp³-hybridized carbons (Fsp3) is 0.818. The predicted molar refractivity (Wildman–Crippen MR) is 65.0 cm³/mol. The highest BCUT2D eigenvalue weighted by Gasteiger charge is 2.26. The lowest BCUT2D eigenvalue weighted by molar-refractivity contribution is -0.152. The summed E-state index contributed by atoms with van der Waals surface area (Å²) in [5.74, 6) is -1.10. The van der Waals surface area contributed by atoms with Gasteiger partial charge in [-0.05, 0) is 0 Å². The van der Waals surface area contributed by atoms with E-state index in [1.165, 1.54) is 24.0 Å². The van der Waals surface area contributed by atoms with Crippen LogP contribution in [0.2, 0.25) is 0 Å². The quantitative estimate of drug-likeness (QED) is 0.564. The van der Waals surface area contributed by atoms with Gasteiger partial charge in [0.2, 0.25) is 0 Å². The molecule has 1 rings (SSSR count). The van der Waals surface area contributed by atoms with Crippen molar-refractivity contribution < 1.29 is 19.4 Å². The summed E-state index contributed by atoms with van der Waals surface area (Å²) in [6, 6.07) is 0. The van der Waals surface area contributed by atoms with Crippen LogP contribution in [0.4, 0.5) is 0 Å². The van der Waals surface area contributed by atoms with E-state index in [1.54, 1.807) is 0 Å². The van der Waals surface area contributed by atoms with Crippen molar-refractivity contribution in [3.8, 4) is 0 Å². The summed E-state index contributed by atoms with van der Waals surface area (Å²) in [6.45, 7) is 2.71. The van der Waals surface area contributed by atoms with Crippen LogP contribution in [-0.2, 0) is 14.3 Å². The van der Waals surface area contributed by atoms with Gasteiger partial charge in [-0.3, -0.25) is 9.59 Å². The Kier molecular flexibility index (Phi) is 6.03. The van der Waals surface area contributed by atoms with E-state index in [9.17, 15) is 14.7 Å². The van der Waals surface area contributed by atoms with Gasteiger partial charge in [-0.2, -0.15) is 0 Å². The van der Waals surface area contributed by atoms with Gasteiger partial charge in [0.15, 0.2) is 0 Å². The second kappa shape index (κ2) is 7.30.